The fourth-order valence-corrected chi connectivity index (χ4v) is 3.73. The quantitative estimate of drug-likeness (QED) is 0.873. The number of carbonyl (C=O) groups is 2. The minimum Gasteiger partial charge on any atom is -0.478 e. The number of hydrogen-bond donors (Lipinski definition) is 1. The molecule has 0 spiro atoms. The van der Waals surface area contributed by atoms with E-state index in [9.17, 15) is 18.0 Å². The highest BCUT2D eigenvalue weighted by Crippen LogP contribution is 2.31. The number of carboxylic acid groups (broad SMARTS) is 1. The maximum atomic E-state index is 12.2. The lowest BCUT2D eigenvalue weighted by Gasteiger charge is -2.15. The molecule has 0 radical (unpaired) electrons. The Bertz CT molecular complexity index is 687. The number of amides is 1. The van der Waals surface area contributed by atoms with Gasteiger partial charge < -0.3 is 10.0 Å². The number of hydrogen-bond acceptors (Lipinski definition) is 4. The largest absolute Gasteiger partial charge is 0.478 e. The summed E-state index contributed by atoms with van der Waals surface area (Å²) in [5.41, 5.74) is -0.504. The van der Waals surface area contributed by atoms with E-state index in [-0.39, 0.29) is 5.02 Å². The van der Waals surface area contributed by atoms with Crippen molar-refractivity contribution in [1.29, 1.82) is 0 Å². The van der Waals surface area contributed by atoms with Crippen LogP contribution in [0.5, 0.6) is 0 Å². The molecule has 1 N–H and O–H groups in total. The normalized spacial score (nSPS) is 11.2. The predicted molar refractivity (Wildman–Crippen MR) is 78.8 cm³/mol. The van der Waals surface area contributed by atoms with Gasteiger partial charge in [0.25, 0.3) is 0 Å². The zero-order valence-electron chi connectivity index (χ0n) is 11.3. The summed E-state index contributed by atoms with van der Waals surface area (Å²) >= 11 is 11.5. The van der Waals surface area contributed by atoms with Crippen molar-refractivity contribution in [1.82, 2.24) is 4.90 Å². The van der Waals surface area contributed by atoms with Gasteiger partial charge >= 0.3 is 5.97 Å². The number of benzene rings is 1. The number of halogens is 2. The van der Waals surface area contributed by atoms with E-state index in [0.717, 1.165) is 12.1 Å². The molecule has 1 rings (SSSR count). The van der Waals surface area contributed by atoms with Gasteiger partial charge in [0.1, 0.15) is 5.75 Å². The maximum absolute atomic E-state index is 12.2. The van der Waals surface area contributed by atoms with Gasteiger partial charge in [0.15, 0.2) is 9.84 Å². The predicted octanol–water partition coefficient (Wildman–Crippen LogP) is 1.94. The number of rotatable bonds is 5. The first-order valence-electron chi connectivity index (χ1n) is 5.79. The second kappa shape index (κ2) is 6.64. The Morgan fingerprint density at radius 1 is 1.29 bits per heavy atom. The topological polar surface area (TPSA) is 91.8 Å². The second-order valence-corrected chi connectivity index (χ2v) is 6.95. The average Bonchev–Trinajstić information content (AvgIpc) is 2.36. The molecule has 0 aromatic heterocycles. The molecule has 116 valence electrons. The molecule has 0 aliphatic heterocycles. The third kappa shape index (κ3) is 3.87. The Morgan fingerprint density at radius 3 is 2.33 bits per heavy atom. The fraction of sp³-hybridized carbons (Fsp3) is 0.333. The lowest BCUT2D eigenvalue weighted by molar-refractivity contribution is -0.126. The minimum absolute atomic E-state index is 0.177. The van der Waals surface area contributed by atoms with E-state index in [1.54, 1.807) is 6.92 Å². The molecule has 9 heteroatoms. The van der Waals surface area contributed by atoms with Crippen LogP contribution in [0.4, 0.5) is 0 Å². The van der Waals surface area contributed by atoms with E-state index >= 15 is 0 Å². The molecule has 0 bridgehead atoms. The lowest BCUT2D eigenvalue weighted by Crippen LogP contribution is -2.32. The van der Waals surface area contributed by atoms with Crippen LogP contribution in [0.25, 0.3) is 0 Å². The van der Waals surface area contributed by atoms with E-state index in [0.29, 0.717) is 6.54 Å². The zero-order valence-corrected chi connectivity index (χ0v) is 13.6. The van der Waals surface area contributed by atoms with Crippen LogP contribution in [0.1, 0.15) is 17.3 Å². The van der Waals surface area contributed by atoms with Crippen molar-refractivity contribution in [2.75, 3.05) is 19.3 Å². The molecular formula is C12H13Cl2NO5S. The molecule has 1 aromatic carbocycles. The van der Waals surface area contributed by atoms with Gasteiger partial charge in [0.05, 0.1) is 20.5 Å². The van der Waals surface area contributed by atoms with E-state index in [2.05, 4.69) is 0 Å². The number of aromatic carboxylic acids is 1. The summed E-state index contributed by atoms with van der Waals surface area (Å²) < 4.78 is 24.4. The van der Waals surface area contributed by atoms with Gasteiger partial charge in [0.2, 0.25) is 5.91 Å². The van der Waals surface area contributed by atoms with Gasteiger partial charge in [-0.1, -0.05) is 23.2 Å². The van der Waals surface area contributed by atoms with Gasteiger partial charge in [-0.2, -0.15) is 0 Å². The molecular weight excluding hydrogens is 341 g/mol. The smallest absolute Gasteiger partial charge is 0.338 e. The van der Waals surface area contributed by atoms with Crippen LogP contribution in [0.2, 0.25) is 10.0 Å². The summed E-state index contributed by atoms with van der Waals surface area (Å²) in [4.78, 5) is 23.6. The van der Waals surface area contributed by atoms with E-state index in [1.165, 1.54) is 11.9 Å². The summed E-state index contributed by atoms with van der Waals surface area (Å²) in [7, 11) is -2.60. The minimum atomic E-state index is -4.06. The standard InChI is InChI=1S/C12H13Cl2NO5S/c1-3-15(2)9(16)6-21(19,20)8-5-4-7(13)10(11(8)14)12(17)18/h4-5H,3,6H2,1-2H3,(H,17,18). The molecule has 1 aromatic rings. The first-order chi connectivity index (χ1) is 9.61. The molecule has 0 unspecified atom stereocenters. The molecule has 0 heterocycles. The third-order valence-electron chi connectivity index (χ3n) is 2.82. The Labute approximate surface area is 132 Å². The number of carbonyl (C=O) groups excluding carboxylic acids is 1. The Morgan fingerprint density at radius 2 is 1.86 bits per heavy atom. The Hall–Kier alpha value is -1.31. The molecule has 0 saturated heterocycles. The molecule has 0 saturated carbocycles. The number of nitrogens with zero attached hydrogens (tertiary/aromatic N) is 1. The van der Waals surface area contributed by atoms with Crippen LogP contribution in [0.3, 0.4) is 0 Å². The average molecular weight is 354 g/mol. The molecule has 0 aliphatic rings. The highest BCUT2D eigenvalue weighted by Gasteiger charge is 2.27. The van der Waals surface area contributed by atoms with Crippen LogP contribution < -0.4 is 0 Å². The van der Waals surface area contributed by atoms with Gasteiger partial charge in [-0.3, -0.25) is 4.79 Å². The number of sulfone groups is 1. The van der Waals surface area contributed by atoms with Crippen molar-refractivity contribution >= 4 is 44.9 Å². The molecule has 6 nitrogen and oxygen atoms in total. The molecule has 0 aliphatic carbocycles. The van der Waals surface area contributed by atoms with Crippen molar-refractivity contribution in [2.24, 2.45) is 0 Å². The Balaban J connectivity index is 3.31. The van der Waals surface area contributed by atoms with Crippen LogP contribution in [0, 0.1) is 0 Å². The van der Waals surface area contributed by atoms with Crippen molar-refractivity contribution in [2.45, 2.75) is 11.8 Å². The summed E-state index contributed by atoms with van der Waals surface area (Å²) in [5, 5.41) is 8.33. The molecule has 21 heavy (non-hydrogen) atoms. The maximum Gasteiger partial charge on any atom is 0.338 e. The van der Waals surface area contributed by atoms with Gasteiger partial charge in [-0.15, -0.1) is 0 Å². The van der Waals surface area contributed by atoms with Crippen LogP contribution >= 0.6 is 23.2 Å². The van der Waals surface area contributed by atoms with Crippen LogP contribution in [0.15, 0.2) is 17.0 Å². The SMILES string of the molecule is CCN(C)C(=O)CS(=O)(=O)c1ccc(Cl)c(C(=O)O)c1Cl. The van der Waals surface area contributed by atoms with Gasteiger partial charge in [-0.25, -0.2) is 13.2 Å². The third-order valence-corrected chi connectivity index (χ3v) is 5.28. The fourth-order valence-electron chi connectivity index (χ4n) is 1.50. The van der Waals surface area contributed by atoms with Crippen molar-refractivity contribution in [3.8, 4) is 0 Å². The summed E-state index contributed by atoms with van der Waals surface area (Å²) in [6.45, 7) is 2.05. The van der Waals surface area contributed by atoms with Crippen molar-refractivity contribution < 1.29 is 23.1 Å². The summed E-state index contributed by atoms with van der Waals surface area (Å²) in [5.74, 6) is -2.85. The second-order valence-electron chi connectivity index (χ2n) is 4.21. The molecule has 0 atom stereocenters. The van der Waals surface area contributed by atoms with E-state index in [1.807, 2.05) is 0 Å². The summed E-state index contributed by atoms with van der Waals surface area (Å²) in [6.07, 6.45) is 0. The molecule has 0 fully saturated rings. The monoisotopic (exact) mass is 353 g/mol. The highest BCUT2D eigenvalue weighted by molar-refractivity contribution is 7.92. The van der Waals surface area contributed by atoms with E-state index < -0.39 is 42.9 Å². The van der Waals surface area contributed by atoms with Gasteiger partial charge in [0, 0.05) is 13.6 Å². The first kappa shape index (κ1) is 17.7. The summed E-state index contributed by atoms with van der Waals surface area (Å²) in [6, 6.07) is 2.21. The van der Waals surface area contributed by atoms with Gasteiger partial charge in [-0.05, 0) is 19.1 Å². The highest BCUT2D eigenvalue weighted by atomic mass is 35.5. The van der Waals surface area contributed by atoms with Crippen LogP contribution in [-0.2, 0) is 14.6 Å². The zero-order chi connectivity index (χ0) is 16.4. The van der Waals surface area contributed by atoms with Crippen molar-refractivity contribution in [3.05, 3.63) is 27.7 Å². The first-order valence-corrected chi connectivity index (χ1v) is 8.20. The molecule has 1 amide bonds. The lowest BCUT2D eigenvalue weighted by atomic mass is 10.2. The van der Waals surface area contributed by atoms with Crippen molar-refractivity contribution in [3.63, 3.8) is 0 Å². The van der Waals surface area contributed by atoms with Crippen LogP contribution in [-0.4, -0.2) is 49.6 Å². The number of carboxylic acids is 1. The van der Waals surface area contributed by atoms with E-state index in [4.69, 9.17) is 28.3 Å². The Kier molecular flexibility index (Phi) is 5.61.